The van der Waals surface area contributed by atoms with Crippen molar-refractivity contribution in [3.63, 3.8) is 0 Å². The summed E-state index contributed by atoms with van der Waals surface area (Å²) in [6, 6.07) is 0. The van der Waals surface area contributed by atoms with Crippen molar-refractivity contribution < 1.29 is 23.5 Å². The van der Waals surface area contributed by atoms with Crippen LogP contribution in [0.3, 0.4) is 0 Å². The molecule has 0 aromatic heterocycles. The first-order chi connectivity index (χ1) is 5.13. The van der Waals surface area contributed by atoms with Crippen molar-refractivity contribution in [1.29, 1.82) is 0 Å². The Morgan fingerprint density at radius 2 is 1.27 bits per heavy atom. The van der Waals surface area contributed by atoms with Crippen molar-refractivity contribution in [2.75, 3.05) is 0 Å². The van der Waals surface area contributed by atoms with Crippen molar-refractivity contribution in [2.24, 2.45) is 10.3 Å². The van der Waals surface area contributed by atoms with Gasteiger partial charge in [-0.3, -0.25) is 0 Å². The summed E-state index contributed by atoms with van der Waals surface area (Å²) in [6.07, 6.45) is 0. The van der Waals surface area contributed by atoms with Gasteiger partial charge in [0.2, 0.25) is 0 Å². The van der Waals surface area contributed by atoms with Crippen molar-refractivity contribution in [3.8, 4) is 0 Å². The molecule has 0 amide bonds. The molecule has 4 nitrogen and oxygen atoms in total. The Kier molecular flexibility index (Phi) is 12.4. The van der Waals surface area contributed by atoms with Crippen LogP contribution in [0.2, 0.25) is 0 Å². The summed E-state index contributed by atoms with van der Waals surface area (Å²) in [6.45, 7) is 3.07. The van der Waals surface area contributed by atoms with Crippen molar-refractivity contribution in [1.82, 2.24) is 0 Å². The van der Waals surface area contributed by atoms with Crippen molar-refractivity contribution >= 4 is 31.6 Å². The molecular formula is C4H8Cl2CuN2O2. The molecule has 71 valence electrons. The maximum atomic E-state index is 8.03. The Bertz CT molecular complexity index is 135. The van der Waals surface area contributed by atoms with E-state index in [-0.39, 0.29) is 0 Å². The second-order valence-electron chi connectivity index (χ2n) is 1.41. The minimum absolute atomic E-state index is 0.313. The van der Waals surface area contributed by atoms with Gasteiger partial charge in [-0.15, -0.1) is 0 Å². The predicted octanol–water partition coefficient (Wildman–Crippen LogP) is 2.06. The molecule has 0 spiro atoms. The zero-order valence-electron chi connectivity index (χ0n) is 5.85. The van der Waals surface area contributed by atoms with Gasteiger partial charge < -0.3 is 10.4 Å². The van der Waals surface area contributed by atoms with Crippen molar-refractivity contribution in [3.05, 3.63) is 0 Å². The summed E-state index contributed by atoms with van der Waals surface area (Å²) < 4.78 is 0. The molecule has 0 aliphatic heterocycles. The van der Waals surface area contributed by atoms with Crippen LogP contribution in [0, 0.1) is 0 Å². The van der Waals surface area contributed by atoms with E-state index in [2.05, 4.69) is 30.5 Å². The molecule has 0 aromatic rings. The molecule has 2 N–H and O–H groups in total. The van der Waals surface area contributed by atoms with Gasteiger partial charge >= 0.3 is 33.3 Å². The minimum atomic E-state index is 0.313. The molecule has 0 radical (unpaired) electrons. The number of hydrogen-bond donors (Lipinski definition) is 2. The summed E-state index contributed by atoms with van der Waals surface area (Å²) in [7, 11) is 9.34. The molecule has 0 rings (SSSR count). The van der Waals surface area contributed by atoms with Crippen LogP contribution in [0.25, 0.3) is 0 Å². The second-order valence-corrected chi connectivity index (χ2v) is 2.97. The van der Waals surface area contributed by atoms with E-state index in [9.17, 15) is 0 Å². The molecule has 0 aliphatic rings. The fraction of sp³-hybridized carbons (Fsp3) is 0.500. The van der Waals surface area contributed by atoms with Gasteiger partial charge in [0.15, 0.2) is 0 Å². The number of nitrogens with zero attached hydrogens (tertiary/aromatic N) is 2. The molecule has 0 aromatic carbocycles. The molecule has 0 aliphatic carbocycles. The molecule has 0 bridgehead atoms. The van der Waals surface area contributed by atoms with Gasteiger partial charge in [0, 0.05) is 0 Å². The van der Waals surface area contributed by atoms with Gasteiger partial charge in [0.25, 0.3) is 0 Å². The molecule has 0 heterocycles. The molecule has 0 atom stereocenters. The number of rotatable bonds is 1. The van der Waals surface area contributed by atoms with E-state index in [0.717, 1.165) is 13.1 Å². The summed E-state index contributed by atoms with van der Waals surface area (Å²) in [5.74, 6) is 0. The molecule has 11 heavy (non-hydrogen) atoms. The van der Waals surface area contributed by atoms with Gasteiger partial charge in [0.1, 0.15) is 11.4 Å². The SMILES string of the molecule is CC(=NO)C(C)=NO.[Cl][Cu][Cl]. The summed E-state index contributed by atoms with van der Waals surface area (Å²) in [5, 5.41) is 21.6. The quantitative estimate of drug-likeness (QED) is 0.324. The third-order valence-electron chi connectivity index (χ3n) is 0.824. The van der Waals surface area contributed by atoms with E-state index in [1.54, 1.807) is 0 Å². The van der Waals surface area contributed by atoms with E-state index in [1.165, 1.54) is 13.8 Å². The van der Waals surface area contributed by atoms with Crippen LogP contribution in [-0.2, 0) is 13.1 Å². The van der Waals surface area contributed by atoms with E-state index in [4.69, 9.17) is 10.4 Å². The number of oxime groups is 2. The van der Waals surface area contributed by atoms with Crippen LogP contribution in [0.15, 0.2) is 10.3 Å². The Balaban J connectivity index is 0. The van der Waals surface area contributed by atoms with E-state index >= 15 is 0 Å². The standard InChI is InChI=1S/C4H8N2O2.2ClH.Cu/c1-3(5-7)4(2)6-8;;;/h7-8H,1-2H3;2*1H;/q;;;+2/p-2. The fourth-order valence-electron chi connectivity index (χ4n) is 0.145. The van der Waals surface area contributed by atoms with Crippen LogP contribution < -0.4 is 0 Å². The Labute approximate surface area is 79.5 Å². The molecule has 0 fully saturated rings. The number of hydrogen-bond acceptors (Lipinski definition) is 4. The molecule has 0 saturated heterocycles. The topological polar surface area (TPSA) is 65.2 Å². The molecular weight excluding hydrogens is 243 g/mol. The summed E-state index contributed by atoms with van der Waals surface area (Å²) >= 11 is 0.757. The van der Waals surface area contributed by atoms with Crippen LogP contribution in [-0.4, -0.2) is 21.8 Å². The van der Waals surface area contributed by atoms with Crippen LogP contribution in [0.4, 0.5) is 0 Å². The molecule has 0 unspecified atom stereocenters. The van der Waals surface area contributed by atoms with Crippen molar-refractivity contribution in [2.45, 2.75) is 13.8 Å². The van der Waals surface area contributed by atoms with Crippen LogP contribution in [0.5, 0.6) is 0 Å². The predicted molar refractivity (Wildman–Crippen MR) is 41.5 cm³/mol. The zero-order valence-corrected chi connectivity index (χ0v) is 8.30. The average Bonchev–Trinajstić information content (AvgIpc) is 2.03. The Morgan fingerprint density at radius 3 is 1.36 bits per heavy atom. The van der Waals surface area contributed by atoms with Crippen LogP contribution >= 0.6 is 20.2 Å². The third kappa shape index (κ3) is 10.0. The summed E-state index contributed by atoms with van der Waals surface area (Å²) in [5.41, 5.74) is 0.625. The first kappa shape index (κ1) is 13.6. The second kappa shape index (κ2) is 10.0. The first-order valence-corrected chi connectivity index (χ1v) is 4.92. The Morgan fingerprint density at radius 1 is 1.09 bits per heavy atom. The molecule has 7 heteroatoms. The van der Waals surface area contributed by atoms with E-state index in [0.29, 0.717) is 11.4 Å². The summed E-state index contributed by atoms with van der Waals surface area (Å²) in [4.78, 5) is 0. The zero-order chi connectivity index (χ0) is 9.28. The normalized spacial score (nSPS) is 12.4. The van der Waals surface area contributed by atoms with E-state index < -0.39 is 0 Å². The average molecular weight is 251 g/mol. The maximum absolute atomic E-state index is 8.03. The van der Waals surface area contributed by atoms with Gasteiger partial charge in [-0.25, -0.2) is 0 Å². The van der Waals surface area contributed by atoms with Gasteiger partial charge in [-0.2, -0.15) is 0 Å². The van der Waals surface area contributed by atoms with Gasteiger partial charge in [-0.05, 0) is 13.8 Å². The van der Waals surface area contributed by atoms with Gasteiger partial charge in [-0.1, -0.05) is 10.3 Å². The third-order valence-corrected chi connectivity index (χ3v) is 0.824. The Hall–Kier alpha value is 0.0395. The van der Waals surface area contributed by atoms with Gasteiger partial charge in [0.05, 0.1) is 0 Å². The van der Waals surface area contributed by atoms with E-state index in [1.807, 2.05) is 0 Å². The molecule has 0 saturated carbocycles. The fourth-order valence-corrected chi connectivity index (χ4v) is 0.145. The van der Waals surface area contributed by atoms with Crippen LogP contribution in [0.1, 0.15) is 13.8 Å². The monoisotopic (exact) mass is 249 g/mol. The number of halogens is 2. The first-order valence-electron chi connectivity index (χ1n) is 2.33.